The van der Waals surface area contributed by atoms with Crippen LogP contribution in [0.4, 0.5) is 0 Å². The first kappa shape index (κ1) is 12.8. The minimum absolute atomic E-state index is 0.0774. The first-order valence-corrected chi connectivity index (χ1v) is 7.39. The van der Waals surface area contributed by atoms with Gasteiger partial charge in [-0.1, -0.05) is 0 Å². The molecule has 2 heterocycles. The van der Waals surface area contributed by atoms with Crippen molar-refractivity contribution in [3.63, 3.8) is 0 Å². The number of alkyl halides is 1. The summed E-state index contributed by atoms with van der Waals surface area (Å²) in [5, 5.41) is 2.80. The fraction of sp³-hybridized carbons (Fsp3) is 0.667. The molecular formula is C12H17ClN2OS. The quantitative estimate of drug-likeness (QED) is 0.793. The Labute approximate surface area is 111 Å². The van der Waals surface area contributed by atoms with E-state index in [-0.39, 0.29) is 5.91 Å². The number of halogens is 1. The molecule has 1 atom stereocenters. The van der Waals surface area contributed by atoms with Gasteiger partial charge in [-0.3, -0.25) is 4.79 Å². The van der Waals surface area contributed by atoms with E-state index in [1.54, 1.807) is 0 Å². The molecule has 0 bridgehead atoms. The van der Waals surface area contributed by atoms with Crippen molar-refractivity contribution in [2.45, 2.75) is 26.2 Å². The van der Waals surface area contributed by atoms with Crippen molar-refractivity contribution < 1.29 is 4.79 Å². The van der Waals surface area contributed by atoms with Crippen molar-refractivity contribution in [1.29, 1.82) is 0 Å². The third-order valence-corrected chi connectivity index (χ3v) is 4.15. The summed E-state index contributed by atoms with van der Waals surface area (Å²) >= 11 is 7.30. The molecule has 94 valence electrons. The zero-order chi connectivity index (χ0) is 12.3. The van der Waals surface area contributed by atoms with Gasteiger partial charge in [0.2, 0.25) is 0 Å². The predicted molar refractivity (Wildman–Crippen MR) is 70.8 cm³/mol. The van der Waals surface area contributed by atoms with Gasteiger partial charge in [0.05, 0.1) is 5.01 Å². The summed E-state index contributed by atoms with van der Waals surface area (Å²) in [5.41, 5.74) is 0.596. The molecule has 3 nitrogen and oxygen atoms in total. The van der Waals surface area contributed by atoms with Crippen LogP contribution in [0.25, 0.3) is 0 Å². The summed E-state index contributed by atoms with van der Waals surface area (Å²) in [6.45, 7) is 3.62. The van der Waals surface area contributed by atoms with Gasteiger partial charge in [-0.15, -0.1) is 22.9 Å². The third-order valence-electron chi connectivity index (χ3n) is 3.16. The number of rotatable bonds is 3. The summed E-state index contributed by atoms with van der Waals surface area (Å²) in [6, 6.07) is 0. The molecule has 2 rings (SSSR count). The average Bonchev–Trinajstić information content (AvgIpc) is 2.76. The topological polar surface area (TPSA) is 33.2 Å². The molecule has 17 heavy (non-hydrogen) atoms. The third kappa shape index (κ3) is 3.19. The lowest BCUT2D eigenvalue weighted by Crippen LogP contribution is -2.40. The number of piperidine rings is 1. The molecule has 0 saturated carbocycles. The Morgan fingerprint density at radius 1 is 1.71 bits per heavy atom. The van der Waals surface area contributed by atoms with Crippen LogP contribution in [0, 0.1) is 12.8 Å². The number of carbonyl (C=O) groups excluding carboxylic acids is 1. The molecule has 1 saturated heterocycles. The van der Waals surface area contributed by atoms with E-state index < -0.39 is 0 Å². The normalized spacial score (nSPS) is 20.6. The highest BCUT2D eigenvalue weighted by molar-refractivity contribution is 7.09. The van der Waals surface area contributed by atoms with Crippen LogP contribution in [-0.4, -0.2) is 34.8 Å². The van der Waals surface area contributed by atoms with Crippen LogP contribution in [0.1, 0.15) is 34.8 Å². The number of nitrogens with zero attached hydrogens (tertiary/aromatic N) is 2. The fourth-order valence-electron chi connectivity index (χ4n) is 2.26. The van der Waals surface area contributed by atoms with Crippen molar-refractivity contribution in [1.82, 2.24) is 9.88 Å². The molecule has 1 aliphatic heterocycles. The van der Waals surface area contributed by atoms with Gasteiger partial charge in [0.25, 0.3) is 5.91 Å². The van der Waals surface area contributed by atoms with Crippen molar-refractivity contribution in [3.8, 4) is 0 Å². The molecule has 0 N–H and O–H groups in total. The second kappa shape index (κ2) is 5.83. The van der Waals surface area contributed by atoms with Crippen molar-refractivity contribution in [2.24, 2.45) is 5.92 Å². The van der Waals surface area contributed by atoms with E-state index >= 15 is 0 Å². The van der Waals surface area contributed by atoms with Crippen LogP contribution >= 0.6 is 22.9 Å². The lowest BCUT2D eigenvalue weighted by molar-refractivity contribution is 0.0666. The van der Waals surface area contributed by atoms with E-state index in [2.05, 4.69) is 4.98 Å². The van der Waals surface area contributed by atoms with Crippen LogP contribution in [0.15, 0.2) is 5.38 Å². The highest BCUT2D eigenvalue weighted by Crippen LogP contribution is 2.22. The van der Waals surface area contributed by atoms with E-state index in [0.717, 1.165) is 30.9 Å². The Morgan fingerprint density at radius 3 is 3.18 bits per heavy atom. The van der Waals surface area contributed by atoms with Crippen LogP contribution in [-0.2, 0) is 0 Å². The van der Waals surface area contributed by atoms with Crippen LogP contribution in [0.3, 0.4) is 0 Å². The number of thiazole rings is 1. The Kier molecular flexibility index (Phi) is 4.40. The zero-order valence-corrected chi connectivity index (χ0v) is 11.6. The smallest absolute Gasteiger partial charge is 0.273 e. The van der Waals surface area contributed by atoms with Gasteiger partial charge in [0, 0.05) is 24.3 Å². The molecule has 5 heteroatoms. The Morgan fingerprint density at radius 2 is 2.53 bits per heavy atom. The molecule has 0 spiro atoms. The number of carbonyl (C=O) groups is 1. The van der Waals surface area contributed by atoms with Crippen LogP contribution in [0.2, 0.25) is 0 Å². The Hall–Kier alpha value is -0.610. The first-order chi connectivity index (χ1) is 8.20. The van der Waals surface area contributed by atoms with Crippen LogP contribution in [0.5, 0.6) is 0 Å². The Bertz CT molecular complexity index is 392. The molecular weight excluding hydrogens is 256 g/mol. The molecule has 1 aromatic rings. The number of hydrogen-bond donors (Lipinski definition) is 0. The fourth-order valence-corrected chi connectivity index (χ4v) is 3.16. The molecule has 0 aromatic carbocycles. The summed E-state index contributed by atoms with van der Waals surface area (Å²) in [4.78, 5) is 18.4. The van der Waals surface area contributed by atoms with E-state index in [1.807, 2.05) is 17.2 Å². The number of amides is 1. The van der Waals surface area contributed by atoms with Crippen molar-refractivity contribution >= 4 is 28.8 Å². The monoisotopic (exact) mass is 272 g/mol. The van der Waals surface area contributed by atoms with Gasteiger partial charge in [0.1, 0.15) is 5.69 Å². The molecule has 1 aliphatic rings. The molecule has 0 radical (unpaired) electrons. The van der Waals surface area contributed by atoms with E-state index in [4.69, 9.17) is 11.6 Å². The highest BCUT2D eigenvalue weighted by atomic mass is 35.5. The summed E-state index contributed by atoms with van der Waals surface area (Å²) < 4.78 is 0. The van der Waals surface area contributed by atoms with Crippen LogP contribution < -0.4 is 0 Å². The molecule has 1 aromatic heterocycles. The number of likely N-dealkylation sites (tertiary alicyclic amines) is 1. The zero-order valence-electron chi connectivity index (χ0n) is 9.99. The highest BCUT2D eigenvalue weighted by Gasteiger charge is 2.25. The summed E-state index contributed by atoms with van der Waals surface area (Å²) in [6.07, 6.45) is 3.27. The van der Waals surface area contributed by atoms with Gasteiger partial charge in [-0.25, -0.2) is 4.98 Å². The maximum Gasteiger partial charge on any atom is 0.273 e. The standard InChI is InChI=1S/C12H17ClN2OS/c1-9-14-11(8-17-9)12(16)15-6-2-3-10(7-15)4-5-13/h8,10H,2-7H2,1H3. The second-order valence-corrected chi connectivity index (χ2v) is 5.93. The first-order valence-electron chi connectivity index (χ1n) is 5.98. The summed E-state index contributed by atoms with van der Waals surface area (Å²) in [7, 11) is 0. The molecule has 1 amide bonds. The number of hydrogen-bond acceptors (Lipinski definition) is 3. The maximum atomic E-state index is 12.2. The average molecular weight is 273 g/mol. The SMILES string of the molecule is Cc1nc(C(=O)N2CCCC(CCCl)C2)cs1. The van der Waals surface area contributed by atoms with Gasteiger partial charge >= 0.3 is 0 Å². The van der Waals surface area contributed by atoms with E-state index in [0.29, 0.717) is 17.5 Å². The van der Waals surface area contributed by atoms with Gasteiger partial charge in [0.15, 0.2) is 0 Å². The van der Waals surface area contributed by atoms with Gasteiger partial charge in [-0.05, 0) is 32.1 Å². The molecule has 1 unspecified atom stereocenters. The molecule has 1 fully saturated rings. The largest absolute Gasteiger partial charge is 0.337 e. The van der Waals surface area contributed by atoms with Crippen molar-refractivity contribution in [2.75, 3.05) is 19.0 Å². The lowest BCUT2D eigenvalue weighted by atomic mass is 9.95. The summed E-state index contributed by atoms with van der Waals surface area (Å²) in [5.74, 6) is 1.32. The van der Waals surface area contributed by atoms with Gasteiger partial charge < -0.3 is 4.90 Å². The maximum absolute atomic E-state index is 12.2. The number of aryl methyl sites for hydroxylation is 1. The Balaban J connectivity index is 1.99. The minimum Gasteiger partial charge on any atom is -0.337 e. The van der Waals surface area contributed by atoms with Gasteiger partial charge in [-0.2, -0.15) is 0 Å². The molecule has 0 aliphatic carbocycles. The lowest BCUT2D eigenvalue weighted by Gasteiger charge is -2.32. The van der Waals surface area contributed by atoms with E-state index in [1.165, 1.54) is 17.8 Å². The number of aromatic nitrogens is 1. The van der Waals surface area contributed by atoms with Crippen molar-refractivity contribution in [3.05, 3.63) is 16.1 Å². The second-order valence-electron chi connectivity index (χ2n) is 4.49. The minimum atomic E-state index is 0.0774. The van der Waals surface area contributed by atoms with E-state index in [9.17, 15) is 4.79 Å². The predicted octanol–water partition coefficient (Wildman–Crippen LogP) is 2.93.